The van der Waals surface area contributed by atoms with E-state index < -0.39 is 0 Å². The van der Waals surface area contributed by atoms with Crippen molar-refractivity contribution in [3.63, 3.8) is 0 Å². The standard InChI is InChI=1S/C14H18O2.C10H15N.C10H14O.C9H13NO2.C9H13NO.C8H12N2O.C7H10N2O2/c1-14(2,3)11-8-10-9(7-13(11)16)5-4-6-12(10)15;1-8-5-6-11-7-9(8)10(2,3)4;1-10(2,3)8-6-4-5-7-9(8)11;1-9(2,3)6-4-5-7(11)10-8(6)12;1-9(2,3)7-4-5-10-6-8(7)11;1-8(2,3)6-4-9-5-10-7(6)11;1-4(2)7-5(10)3-6(11)8-9-7/h8H,4-7H2,1-3H3;5-7,11H,1H2,2-4H3;4-6H,7H2,1-3H3;4H,5H2,1-3H3,(H,10,11,12);4-5H,6H2,1-3H3;4-5H,1-3H3,(H,9,10,11);4H,3H2,1-2H3,(H,8,11). The minimum atomic E-state index is -0.320. The minimum Gasteiger partial charge on any atom is -0.367 e. The van der Waals surface area contributed by atoms with Gasteiger partial charge in [0.05, 0.1) is 12.7 Å². The molecule has 4 aliphatic heterocycles. The van der Waals surface area contributed by atoms with Gasteiger partial charge in [-0.25, -0.2) is 10.4 Å². The Morgan fingerprint density at radius 2 is 1.17 bits per heavy atom. The Morgan fingerprint density at radius 1 is 0.590 bits per heavy atom. The van der Waals surface area contributed by atoms with Crippen molar-refractivity contribution in [2.75, 3.05) is 6.54 Å². The number of aromatic amines is 1. The van der Waals surface area contributed by atoms with Gasteiger partial charge in [-0.15, -0.1) is 0 Å². The number of rotatable bonds is 1. The Bertz CT molecular complexity index is 2970. The summed E-state index contributed by atoms with van der Waals surface area (Å²) in [5.74, 6) is -0.0329. The van der Waals surface area contributed by atoms with Gasteiger partial charge in [0.2, 0.25) is 11.8 Å². The lowest BCUT2D eigenvalue weighted by molar-refractivity contribution is -0.130. The van der Waals surface area contributed by atoms with Crippen LogP contribution in [0.4, 0.5) is 0 Å². The van der Waals surface area contributed by atoms with Gasteiger partial charge in [0, 0.05) is 89.8 Å². The van der Waals surface area contributed by atoms with Crippen molar-refractivity contribution in [2.45, 2.75) is 189 Å². The SMILES string of the molecule is C=C1C=CNC=C1C(C)(C)C.CC(C)(C)C1=CC2=C(CCCC2=O)CC1=O.CC(C)(C)C1=CC=CCC1=O.CC(C)(C)C1=CC=NCC1=O.CC(C)(C)C1=CCC(=O)NC1=O.CC(C)(C)c1cnc[nH]c1=O.CC(C)C1=NNC(=O)CC1=O. The molecule has 0 fully saturated rings. The largest absolute Gasteiger partial charge is 0.367 e. The highest BCUT2D eigenvalue weighted by molar-refractivity contribution is 6.44. The van der Waals surface area contributed by atoms with Gasteiger partial charge in [0.15, 0.2) is 28.9 Å². The second-order valence-corrected chi connectivity index (χ2v) is 27.4. The first kappa shape index (κ1) is 71.7. The Balaban J connectivity index is 0.000000332. The van der Waals surface area contributed by atoms with Crippen molar-refractivity contribution in [3.8, 4) is 0 Å². The molecular formula is C67H95N7O9. The normalized spacial score (nSPS) is 18.2. The summed E-state index contributed by atoms with van der Waals surface area (Å²) >= 11 is 0. The third kappa shape index (κ3) is 23.8. The molecule has 1 aromatic rings. The molecule has 0 unspecified atom stereocenters. The predicted octanol–water partition coefficient (Wildman–Crippen LogP) is 11.8. The van der Waals surface area contributed by atoms with Gasteiger partial charge in [-0.05, 0) is 74.7 Å². The van der Waals surface area contributed by atoms with Crippen LogP contribution in [0.5, 0.6) is 0 Å². The molecule has 5 heterocycles. The minimum absolute atomic E-state index is 0.00183. The first-order valence-electron chi connectivity index (χ1n) is 28.4. The van der Waals surface area contributed by atoms with Crippen molar-refractivity contribution in [3.05, 3.63) is 135 Å². The van der Waals surface area contributed by atoms with Crippen LogP contribution in [-0.4, -0.2) is 75.1 Å². The summed E-state index contributed by atoms with van der Waals surface area (Å²) < 4.78 is 0. The number of carbonyl (C=O) groups is 8. The number of Topliss-reactive ketones (excluding diaryl/α,β-unsaturated/α-hetero) is 5. The number of aliphatic imine (C=N–C) groups is 1. The Morgan fingerprint density at radius 3 is 1.60 bits per heavy atom. The number of carbonyl (C=O) groups excluding carboxylic acids is 8. The molecule has 0 spiro atoms. The second kappa shape index (κ2) is 30.3. The molecule has 0 saturated heterocycles. The number of hydrazone groups is 1. The van der Waals surface area contributed by atoms with E-state index >= 15 is 0 Å². The molecule has 8 rings (SSSR count). The van der Waals surface area contributed by atoms with Crippen molar-refractivity contribution in [1.82, 2.24) is 26.0 Å². The second-order valence-electron chi connectivity index (χ2n) is 27.4. The van der Waals surface area contributed by atoms with Crippen molar-refractivity contribution in [1.29, 1.82) is 0 Å². The first-order valence-corrected chi connectivity index (χ1v) is 28.4. The summed E-state index contributed by atoms with van der Waals surface area (Å²) in [6.07, 6.45) is 25.5. The Hall–Kier alpha value is -7.36. The zero-order valence-corrected chi connectivity index (χ0v) is 53.4. The van der Waals surface area contributed by atoms with Crippen molar-refractivity contribution >= 4 is 58.6 Å². The van der Waals surface area contributed by atoms with Crippen LogP contribution < -0.4 is 21.6 Å². The van der Waals surface area contributed by atoms with Crippen LogP contribution in [0, 0.1) is 33.0 Å². The molecule has 0 aromatic carbocycles. The molecule has 4 N–H and O–H groups in total. The van der Waals surface area contributed by atoms with Gasteiger partial charge in [0.25, 0.3) is 11.5 Å². The average molecular weight is 1140 g/mol. The number of aromatic nitrogens is 2. The lowest BCUT2D eigenvalue weighted by Gasteiger charge is -2.28. The summed E-state index contributed by atoms with van der Waals surface area (Å²) in [6.45, 7) is 44.8. The number of hydrogen-bond donors (Lipinski definition) is 4. The lowest BCUT2D eigenvalue weighted by Crippen LogP contribution is -2.38. The fourth-order valence-electron chi connectivity index (χ4n) is 8.89. The van der Waals surface area contributed by atoms with Gasteiger partial charge in [-0.2, -0.15) is 5.10 Å². The van der Waals surface area contributed by atoms with Crippen LogP contribution in [0.25, 0.3) is 0 Å². The molecule has 16 heteroatoms. The van der Waals surface area contributed by atoms with Gasteiger partial charge < -0.3 is 10.3 Å². The van der Waals surface area contributed by atoms with Crippen molar-refractivity contribution < 1.29 is 38.4 Å². The van der Waals surface area contributed by atoms with E-state index in [2.05, 4.69) is 84.2 Å². The van der Waals surface area contributed by atoms with Crippen LogP contribution in [0.2, 0.25) is 0 Å². The molecule has 3 amide bonds. The van der Waals surface area contributed by atoms with E-state index in [1.54, 1.807) is 18.5 Å². The summed E-state index contributed by atoms with van der Waals surface area (Å²) in [6, 6.07) is 0. The maximum absolute atomic E-state index is 12.0. The molecule has 452 valence electrons. The fraction of sp³-hybridized carbons (Fsp3) is 0.522. The number of allylic oxidation sites excluding steroid dienone is 12. The summed E-state index contributed by atoms with van der Waals surface area (Å²) in [5.41, 5.74) is 10.7. The summed E-state index contributed by atoms with van der Waals surface area (Å²) in [4.78, 5) is 111. The van der Waals surface area contributed by atoms with Gasteiger partial charge in [-0.1, -0.05) is 175 Å². The molecule has 16 nitrogen and oxygen atoms in total. The number of nitrogens with zero attached hydrogens (tertiary/aromatic N) is 3. The number of dihydropyridines is 2. The number of hydrogen-bond acceptors (Lipinski definition) is 13. The number of imide groups is 1. The molecule has 0 saturated carbocycles. The fourth-order valence-corrected chi connectivity index (χ4v) is 8.89. The highest BCUT2D eigenvalue weighted by atomic mass is 16.2. The van der Waals surface area contributed by atoms with Crippen LogP contribution in [0.3, 0.4) is 0 Å². The van der Waals surface area contributed by atoms with E-state index in [0.29, 0.717) is 43.5 Å². The zero-order valence-electron chi connectivity index (χ0n) is 53.4. The van der Waals surface area contributed by atoms with E-state index in [4.69, 9.17) is 0 Å². The third-order valence-electron chi connectivity index (χ3n) is 13.4. The molecule has 0 bridgehead atoms. The monoisotopic (exact) mass is 1140 g/mol. The third-order valence-corrected chi connectivity index (χ3v) is 13.4. The highest BCUT2D eigenvalue weighted by Crippen LogP contribution is 2.38. The maximum atomic E-state index is 12.0. The van der Waals surface area contributed by atoms with E-state index in [1.165, 1.54) is 11.9 Å². The van der Waals surface area contributed by atoms with E-state index in [-0.39, 0.29) is 97.0 Å². The Labute approximate surface area is 494 Å². The molecule has 0 atom stereocenters. The predicted molar refractivity (Wildman–Crippen MR) is 333 cm³/mol. The number of amides is 3. The zero-order chi connectivity index (χ0) is 63.6. The van der Waals surface area contributed by atoms with Gasteiger partial charge in [-0.3, -0.25) is 53.5 Å². The molecule has 83 heavy (non-hydrogen) atoms. The van der Waals surface area contributed by atoms with Gasteiger partial charge in [0.1, 0.15) is 12.3 Å². The van der Waals surface area contributed by atoms with Crippen LogP contribution in [-0.2, 0) is 43.8 Å². The van der Waals surface area contributed by atoms with Crippen LogP contribution in [0.15, 0.2) is 134 Å². The quantitative estimate of drug-likeness (QED) is 0.152. The Kier molecular flexibility index (Phi) is 26.2. The van der Waals surface area contributed by atoms with Gasteiger partial charge >= 0.3 is 0 Å². The maximum Gasteiger partial charge on any atom is 0.254 e. The highest BCUT2D eigenvalue weighted by Gasteiger charge is 2.33. The molecular weight excluding hydrogens is 1050 g/mol. The van der Waals surface area contributed by atoms with E-state index in [1.807, 2.05) is 146 Å². The van der Waals surface area contributed by atoms with Crippen molar-refractivity contribution in [2.24, 2.45) is 43.1 Å². The lowest BCUT2D eigenvalue weighted by atomic mass is 9.74. The number of nitrogens with one attached hydrogen (secondary N) is 4. The molecule has 1 aromatic heterocycles. The first-order chi connectivity index (χ1) is 38.0. The average Bonchev–Trinajstić information content (AvgIpc) is 3.38. The number of H-pyrrole nitrogens is 1. The number of ketones is 5. The summed E-state index contributed by atoms with van der Waals surface area (Å²) in [5, 5.41) is 9.02. The summed E-state index contributed by atoms with van der Waals surface area (Å²) in [7, 11) is 0. The molecule has 3 aliphatic carbocycles. The molecule has 0 radical (unpaired) electrons. The molecule has 7 aliphatic rings. The van der Waals surface area contributed by atoms with E-state index in [9.17, 15) is 43.2 Å². The van der Waals surface area contributed by atoms with Crippen LogP contribution in [0.1, 0.15) is 189 Å². The van der Waals surface area contributed by atoms with Crippen LogP contribution >= 0.6 is 0 Å². The topological polar surface area (TPSA) is 243 Å². The van der Waals surface area contributed by atoms with E-state index in [0.717, 1.165) is 51.8 Å². The smallest absolute Gasteiger partial charge is 0.254 e.